The van der Waals surface area contributed by atoms with Crippen LogP contribution in [0.3, 0.4) is 0 Å². The summed E-state index contributed by atoms with van der Waals surface area (Å²) in [5.41, 5.74) is 1.58. The van der Waals surface area contributed by atoms with Gasteiger partial charge in [0, 0.05) is 4.88 Å². The average Bonchev–Trinajstić information content (AvgIpc) is 3.03. The number of nitrogens with one attached hydrogen (secondary N) is 1. The number of aryl methyl sites for hydroxylation is 1. The van der Waals surface area contributed by atoms with Crippen molar-refractivity contribution in [2.24, 2.45) is 23.2 Å². The van der Waals surface area contributed by atoms with Gasteiger partial charge in [-0.15, -0.1) is 11.3 Å². The Morgan fingerprint density at radius 2 is 1.76 bits per heavy atom. The molecular formula is C22H31NO5S. The second-order valence-corrected chi connectivity index (χ2v) is 10.4. The van der Waals surface area contributed by atoms with Crippen molar-refractivity contribution in [3.05, 3.63) is 16.0 Å². The zero-order valence-electron chi connectivity index (χ0n) is 17.7. The number of methoxy groups -OCH3 is 1. The molecule has 6 nitrogen and oxygen atoms in total. The third-order valence-corrected chi connectivity index (χ3v) is 7.74. The normalized spacial score (nSPS) is 24.5. The molecule has 1 aromatic heterocycles. The topological polar surface area (TPSA) is 92.7 Å². The number of hydrogen-bond acceptors (Lipinski definition) is 5. The Hall–Kier alpha value is -1.89. The molecule has 1 amide bonds. The van der Waals surface area contributed by atoms with Crippen LogP contribution in [0.4, 0.5) is 5.00 Å². The van der Waals surface area contributed by atoms with Crippen molar-refractivity contribution in [1.82, 2.24) is 0 Å². The second-order valence-electron chi connectivity index (χ2n) is 9.33. The van der Waals surface area contributed by atoms with Crippen LogP contribution in [-0.2, 0) is 27.2 Å². The molecule has 3 atom stereocenters. The first-order chi connectivity index (χ1) is 13.6. The SMILES string of the molecule is COC(=O)c1c(NC(=O)[C@H]2CCCC[C@H]2C(=O)O)sc2c1CC(C(C)(C)C)CC2. The molecule has 0 spiro atoms. The summed E-state index contributed by atoms with van der Waals surface area (Å²) in [6.45, 7) is 6.64. The number of anilines is 1. The minimum Gasteiger partial charge on any atom is -0.481 e. The standard InChI is InChI=1S/C22H31NO5S/c1-22(2,3)12-9-10-16-15(11-12)17(21(27)28-4)19(29-16)23-18(24)13-7-5-6-8-14(13)20(25)26/h12-14H,5-11H2,1-4H3,(H,23,24)(H,25,26)/t12?,13-,14+/m0/s1. The van der Waals surface area contributed by atoms with Crippen LogP contribution in [0.5, 0.6) is 0 Å². The molecule has 7 heteroatoms. The maximum absolute atomic E-state index is 13.0. The van der Waals surface area contributed by atoms with E-state index in [1.807, 2.05) is 0 Å². The molecule has 2 aliphatic carbocycles. The van der Waals surface area contributed by atoms with Crippen molar-refractivity contribution in [3.63, 3.8) is 0 Å². The molecule has 0 bridgehead atoms. The van der Waals surface area contributed by atoms with Crippen molar-refractivity contribution in [2.75, 3.05) is 12.4 Å². The number of thiophene rings is 1. The summed E-state index contributed by atoms with van der Waals surface area (Å²) in [4.78, 5) is 38.3. The number of esters is 1. The number of carbonyl (C=O) groups excluding carboxylic acids is 2. The van der Waals surface area contributed by atoms with Crippen LogP contribution in [0.1, 0.15) is 73.7 Å². The molecule has 2 aliphatic rings. The monoisotopic (exact) mass is 421 g/mol. The molecule has 1 fully saturated rings. The van der Waals surface area contributed by atoms with E-state index in [1.54, 1.807) is 0 Å². The van der Waals surface area contributed by atoms with Gasteiger partial charge in [0.2, 0.25) is 5.91 Å². The molecule has 2 N–H and O–H groups in total. The van der Waals surface area contributed by atoms with Crippen LogP contribution in [0, 0.1) is 23.2 Å². The van der Waals surface area contributed by atoms with E-state index < -0.39 is 23.8 Å². The van der Waals surface area contributed by atoms with Crippen molar-refractivity contribution in [1.29, 1.82) is 0 Å². The lowest BCUT2D eigenvalue weighted by molar-refractivity contribution is -0.147. The molecule has 0 aliphatic heterocycles. The molecule has 0 radical (unpaired) electrons. The number of fused-ring (bicyclic) bond motifs is 1. The Balaban J connectivity index is 1.90. The fourth-order valence-electron chi connectivity index (χ4n) is 4.67. The Labute approximate surface area is 176 Å². The van der Waals surface area contributed by atoms with Crippen LogP contribution >= 0.6 is 11.3 Å². The predicted octanol–water partition coefficient (Wildman–Crippen LogP) is 4.52. The molecule has 1 aromatic rings. The van der Waals surface area contributed by atoms with Gasteiger partial charge < -0.3 is 15.2 Å². The lowest BCUT2D eigenvalue weighted by Crippen LogP contribution is -2.36. The van der Waals surface area contributed by atoms with Crippen LogP contribution in [0.25, 0.3) is 0 Å². The van der Waals surface area contributed by atoms with Gasteiger partial charge in [0.1, 0.15) is 5.00 Å². The second kappa shape index (κ2) is 8.46. The van der Waals surface area contributed by atoms with Crippen LogP contribution in [-0.4, -0.2) is 30.1 Å². The lowest BCUT2D eigenvalue weighted by Gasteiger charge is -2.34. The quantitative estimate of drug-likeness (QED) is 0.698. The fraction of sp³-hybridized carbons (Fsp3) is 0.682. The number of hydrogen-bond donors (Lipinski definition) is 2. The molecule has 160 valence electrons. The van der Waals surface area contributed by atoms with Crippen LogP contribution in [0.2, 0.25) is 0 Å². The summed E-state index contributed by atoms with van der Waals surface area (Å²) >= 11 is 1.44. The van der Waals surface area contributed by atoms with Crippen molar-refractivity contribution in [2.45, 2.75) is 65.7 Å². The van der Waals surface area contributed by atoms with E-state index in [4.69, 9.17) is 4.74 Å². The Morgan fingerprint density at radius 1 is 1.10 bits per heavy atom. The highest BCUT2D eigenvalue weighted by atomic mass is 32.1. The molecule has 29 heavy (non-hydrogen) atoms. The largest absolute Gasteiger partial charge is 0.481 e. The number of aliphatic carboxylic acids is 1. The molecule has 3 rings (SSSR count). The van der Waals surface area contributed by atoms with Gasteiger partial charge in [0.15, 0.2) is 0 Å². The highest BCUT2D eigenvalue weighted by Crippen LogP contribution is 2.45. The first kappa shape index (κ1) is 21.8. The van der Waals surface area contributed by atoms with Gasteiger partial charge in [-0.25, -0.2) is 4.79 Å². The number of rotatable bonds is 4. The lowest BCUT2D eigenvalue weighted by atomic mass is 9.71. The summed E-state index contributed by atoms with van der Waals surface area (Å²) in [6.07, 6.45) is 5.48. The minimum atomic E-state index is -0.920. The summed E-state index contributed by atoms with van der Waals surface area (Å²) in [5.74, 6) is -2.43. The Bertz CT molecular complexity index is 807. The van der Waals surface area contributed by atoms with Gasteiger partial charge in [-0.2, -0.15) is 0 Å². The summed E-state index contributed by atoms with van der Waals surface area (Å²) in [6, 6.07) is 0. The highest BCUT2D eigenvalue weighted by Gasteiger charge is 2.38. The number of ether oxygens (including phenoxy) is 1. The van der Waals surface area contributed by atoms with Gasteiger partial charge in [-0.1, -0.05) is 33.6 Å². The maximum atomic E-state index is 13.0. The van der Waals surface area contributed by atoms with Gasteiger partial charge in [-0.05, 0) is 49.0 Å². The van der Waals surface area contributed by atoms with E-state index in [1.165, 1.54) is 18.4 Å². The number of carbonyl (C=O) groups is 3. The van der Waals surface area contributed by atoms with Crippen LogP contribution in [0.15, 0.2) is 0 Å². The molecule has 1 heterocycles. The van der Waals surface area contributed by atoms with Crippen molar-refractivity contribution < 1.29 is 24.2 Å². The van der Waals surface area contributed by atoms with E-state index in [9.17, 15) is 19.5 Å². The van der Waals surface area contributed by atoms with Crippen LogP contribution < -0.4 is 5.32 Å². The first-order valence-corrected chi connectivity index (χ1v) is 11.2. The predicted molar refractivity (Wildman–Crippen MR) is 112 cm³/mol. The first-order valence-electron chi connectivity index (χ1n) is 10.4. The summed E-state index contributed by atoms with van der Waals surface area (Å²) < 4.78 is 5.03. The zero-order valence-corrected chi connectivity index (χ0v) is 18.5. The van der Waals surface area contributed by atoms with E-state index >= 15 is 0 Å². The number of carboxylic acids is 1. The molecule has 0 aromatic carbocycles. The van der Waals surface area contributed by atoms with Crippen molar-refractivity contribution in [3.8, 4) is 0 Å². The smallest absolute Gasteiger partial charge is 0.341 e. The fourth-order valence-corrected chi connectivity index (χ4v) is 5.91. The Morgan fingerprint density at radius 3 is 2.34 bits per heavy atom. The van der Waals surface area contributed by atoms with Gasteiger partial charge in [-0.3, -0.25) is 9.59 Å². The zero-order chi connectivity index (χ0) is 21.3. The van der Waals surface area contributed by atoms with Gasteiger partial charge in [0.25, 0.3) is 0 Å². The molecule has 0 saturated heterocycles. The Kier molecular flexibility index (Phi) is 6.36. The van der Waals surface area contributed by atoms with Gasteiger partial charge in [0.05, 0.1) is 24.5 Å². The maximum Gasteiger partial charge on any atom is 0.341 e. The average molecular weight is 422 g/mol. The van der Waals surface area contributed by atoms with Crippen molar-refractivity contribution >= 4 is 34.2 Å². The number of amides is 1. The van der Waals surface area contributed by atoms with E-state index in [2.05, 4.69) is 26.1 Å². The third kappa shape index (κ3) is 4.49. The summed E-state index contributed by atoms with van der Waals surface area (Å²) in [5, 5.41) is 12.9. The molecule has 1 saturated carbocycles. The number of carboxylic acid groups (broad SMARTS) is 1. The van der Waals surface area contributed by atoms with E-state index in [0.717, 1.165) is 42.5 Å². The highest BCUT2D eigenvalue weighted by molar-refractivity contribution is 7.17. The van der Waals surface area contributed by atoms with E-state index in [-0.39, 0.29) is 11.3 Å². The minimum absolute atomic E-state index is 0.132. The van der Waals surface area contributed by atoms with E-state index in [0.29, 0.717) is 29.3 Å². The van der Waals surface area contributed by atoms with Gasteiger partial charge >= 0.3 is 11.9 Å². The molecular weight excluding hydrogens is 390 g/mol. The summed E-state index contributed by atoms with van der Waals surface area (Å²) in [7, 11) is 1.35. The molecule has 1 unspecified atom stereocenters. The third-order valence-electron chi connectivity index (χ3n) is 6.53.